The molecule has 0 spiro atoms. The largest absolute Gasteiger partial charge is 0.397 e. The fraction of sp³-hybridized carbons (Fsp3) is 0.588. The van der Waals surface area contributed by atoms with Crippen molar-refractivity contribution in [2.45, 2.75) is 39.5 Å². The van der Waals surface area contributed by atoms with E-state index in [0.29, 0.717) is 12.1 Å². The average Bonchev–Trinajstić information content (AvgIpc) is 2.73. The summed E-state index contributed by atoms with van der Waals surface area (Å²) in [7, 11) is 0. The molecular formula is C17H27N3O. The van der Waals surface area contributed by atoms with Gasteiger partial charge in [0, 0.05) is 25.2 Å². The molecule has 1 atom stereocenters. The van der Waals surface area contributed by atoms with Crippen molar-refractivity contribution in [1.82, 2.24) is 5.32 Å². The number of hydrogen-bond donors (Lipinski definition) is 2. The summed E-state index contributed by atoms with van der Waals surface area (Å²) in [6.45, 7) is 6.89. The Labute approximate surface area is 127 Å². The molecule has 0 aliphatic carbocycles. The van der Waals surface area contributed by atoms with E-state index in [1.165, 1.54) is 25.7 Å². The fourth-order valence-electron chi connectivity index (χ4n) is 3.04. The van der Waals surface area contributed by atoms with Crippen molar-refractivity contribution < 1.29 is 4.79 Å². The molecule has 0 saturated carbocycles. The molecule has 1 unspecified atom stereocenters. The number of rotatable bonds is 4. The lowest BCUT2D eigenvalue weighted by Crippen LogP contribution is -2.27. The maximum absolute atomic E-state index is 12.0. The van der Waals surface area contributed by atoms with Crippen molar-refractivity contribution in [3.8, 4) is 0 Å². The van der Waals surface area contributed by atoms with E-state index in [1.807, 2.05) is 19.1 Å². The van der Waals surface area contributed by atoms with Crippen molar-refractivity contribution in [3.63, 3.8) is 0 Å². The van der Waals surface area contributed by atoms with Gasteiger partial charge < -0.3 is 16.0 Å². The van der Waals surface area contributed by atoms with Crippen LogP contribution in [0.2, 0.25) is 0 Å². The molecule has 1 heterocycles. The Morgan fingerprint density at radius 3 is 2.86 bits per heavy atom. The number of nitrogens with zero attached hydrogens (tertiary/aromatic N) is 1. The fourth-order valence-corrected chi connectivity index (χ4v) is 3.04. The lowest BCUT2D eigenvalue weighted by atomic mass is 9.98. The minimum atomic E-state index is -0.0278. The second-order valence-electron chi connectivity index (χ2n) is 5.83. The molecular weight excluding hydrogens is 262 g/mol. The first kappa shape index (κ1) is 15.7. The molecule has 4 heteroatoms. The molecule has 0 radical (unpaired) electrons. The zero-order valence-electron chi connectivity index (χ0n) is 13.2. The summed E-state index contributed by atoms with van der Waals surface area (Å²) in [6, 6.07) is 5.59. The average molecular weight is 289 g/mol. The Hall–Kier alpha value is -1.71. The maximum atomic E-state index is 12.0. The van der Waals surface area contributed by atoms with E-state index in [9.17, 15) is 4.79 Å². The Balaban J connectivity index is 2.18. The Bertz CT molecular complexity index is 487. The minimum absolute atomic E-state index is 0.0278. The monoisotopic (exact) mass is 289 g/mol. The van der Waals surface area contributed by atoms with Gasteiger partial charge in [0.15, 0.2) is 0 Å². The highest BCUT2D eigenvalue weighted by Crippen LogP contribution is 2.29. The molecule has 116 valence electrons. The van der Waals surface area contributed by atoms with Crippen LogP contribution in [0.4, 0.5) is 11.4 Å². The van der Waals surface area contributed by atoms with E-state index in [-0.39, 0.29) is 5.91 Å². The van der Waals surface area contributed by atoms with Crippen LogP contribution in [0, 0.1) is 5.92 Å². The zero-order valence-corrected chi connectivity index (χ0v) is 13.2. The van der Waals surface area contributed by atoms with Gasteiger partial charge in [-0.25, -0.2) is 0 Å². The van der Waals surface area contributed by atoms with E-state index in [1.54, 1.807) is 6.07 Å². The molecule has 1 aromatic carbocycles. The summed E-state index contributed by atoms with van der Waals surface area (Å²) in [5.41, 5.74) is 8.60. The second-order valence-corrected chi connectivity index (χ2v) is 5.83. The first-order valence-corrected chi connectivity index (χ1v) is 8.08. The normalized spacial score (nSPS) is 19.1. The van der Waals surface area contributed by atoms with Gasteiger partial charge in [-0.15, -0.1) is 0 Å². The van der Waals surface area contributed by atoms with E-state index in [2.05, 4.69) is 17.1 Å². The molecule has 4 nitrogen and oxygen atoms in total. The Kier molecular flexibility index (Phi) is 5.48. The number of hydrogen-bond acceptors (Lipinski definition) is 3. The lowest BCUT2D eigenvalue weighted by Gasteiger charge is -2.25. The highest BCUT2D eigenvalue weighted by molar-refractivity contribution is 5.96. The SMILES string of the molecule is CCNC(=O)c1ccc(N)c(N2CCCC(CC)CC2)c1. The van der Waals surface area contributed by atoms with Crippen molar-refractivity contribution in [2.75, 3.05) is 30.3 Å². The minimum Gasteiger partial charge on any atom is -0.397 e. The van der Waals surface area contributed by atoms with Crippen molar-refractivity contribution >= 4 is 17.3 Å². The van der Waals surface area contributed by atoms with Crippen LogP contribution < -0.4 is 16.0 Å². The third-order valence-corrected chi connectivity index (χ3v) is 4.40. The van der Waals surface area contributed by atoms with Crippen LogP contribution in [0.1, 0.15) is 49.9 Å². The smallest absolute Gasteiger partial charge is 0.251 e. The summed E-state index contributed by atoms with van der Waals surface area (Å²) >= 11 is 0. The number of amides is 1. The summed E-state index contributed by atoms with van der Waals surface area (Å²) in [5, 5.41) is 2.84. The Morgan fingerprint density at radius 2 is 2.14 bits per heavy atom. The molecule has 1 aliphatic heterocycles. The van der Waals surface area contributed by atoms with Crippen molar-refractivity contribution in [3.05, 3.63) is 23.8 Å². The van der Waals surface area contributed by atoms with Gasteiger partial charge in [-0.1, -0.05) is 13.3 Å². The maximum Gasteiger partial charge on any atom is 0.251 e. The first-order valence-electron chi connectivity index (χ1n) is 8.08. The van der Waals surface area contributed by atoms with E-state index >= 15 is 0 Å². The van der Waals surface area contributed by atoms with Gasteiger partial charge in [0.25, 0.3) is 5.91 Å². The molecule has 1 fully saturated rings. The second kappa shape index (κ2) is 7.34. The van der Waals surface area contributed by atoms with E-state index in [4.69, 9.17) is 5.73 Å². The Morgan fingerprint density at radius 1 is 1.33 bits per heavy atom. The van der Waals surface area contributed by atoms with Crippen LogP contribution in [0.25, 0.3) is 0 Å². The molecule has 1 amide bonds. The van der Waals surface area contributed by atoms with Gasteiger partial charge in [-0.3, -0.25) is 4.79 Å². The van der Waals surface area contributed by atoms with Crippen molar-refractivity contribution in [2.24, 2.45) is 5.92 Å². The van der Waals surface area contributed by atoms with Gasteiger partial charge in [0.1, 0.15) is 0 Å². The van der Waals surface area contributed by atoms with Gasteiger partial charge in [0.05, 0.1) is 11.4 Å². The van der Waals surface area contributed by atoms with Crippen LogP contribution in [-0.2, 0) is 0 Å². The predicted molar refractivity (Wildman–Crippen MR) is 88.7 cm³/mol. The number of nitrogen functional groups attached to an aromatic ring is 1. The number of carbonyl (C=O) groups excluding carboxylic acids is 1. The third-order valence-electron chi connectivity index (χ3n) is 4.40. The van der Waals surface area contributed by atoms with E-state index < -0.39 is 0 Å². The van der Waals surface area contributed by atoms with Crippen LogP contribution in [0.3, 0.4) is 0 Å². The zero-order chi connectivity index (χ0) is 15.2. The van der Waals surface area contributed by atoms with Crippen LogP contribution >= 0.6 is 0 Å². The van der Waals surface area contributed by atoms with Crippen LogP contribution in [0.5, 0.6) is 0 Å². The molecule has 2 rings (SSSR count). The van der Waals surface area contributed by atoms with Crippen LogP contribution in [-0.4, -0.2) is 25.5 Å². The van der Waals surface area contributed by atoms with Gasteiger partial charge in [-0.2, -0.15) is 0 Å². The number of anilines is 2. The summed E-state index contributed by atoms with van der Waals surface area (Å²) in [6.07, 6.45) is 4.95. The molecule has 1 aliphatic rings. The predicted octanol–water partition coefficient (Wildman–Crippen LogP) is 3.04. The summed E-state index contributed by atoms with van der Waals surface area (Å²) < 4.78 is 0. The molecule has 0 bridgehead atoms. The molecule has 21 heavy (non-hydrogen) atoms. The van der Waals surface area contributed by atoms with Gasteiger partial charge in [-0.05, 0) is 50.3 Å². The van der Waals surface area contributed by atoms with Gasteiger partial charge >= 0.3 is 0 Å². The molecule has 3 N–H and O–H groups in total. The quantitative estimate of drug-likeness (QED) is 0.838. The number of benzene rings is 1. The molecule has 1 aromatic rings. The topological polar surface area (TPSA) is 58.4 Å². The number of nitrogens with one attached hydrogen (secondary N) is 1. The number of carbonyl (C=O) groups is 1. The lowest BCUT2D eigenvalue weighted by molar-refractivity contribution is 0.0956. The molecule has 1 saturated heterocycles. The highest BCUT2D eigenvalue weighted by atomic mass is 16.1. The first-order chi connectivity index (χ1) is 10.2. The summed E-state index contributed by atoms with van der Waals surface area (Å²) in [4.78, 5) is 14.3. The third kappa shape index (κ3) is 3.90. The highest BCUT2D eigenvalue weighted by Gasteiger charge is 2.18. The van der Waals surface area contributed by atoms with Gasteiger partial charge in [0.2, 0.25) is 0 Å². The summed E-state index contributed by atoms with van der Waals surface area (Å²) in [5.74, 6) is 0.794. The standard InChI is InChI=1S/C17H27N3O/c1-3-13-6-5-10-20(11-9-13)16-12-14(7-8-15(16)18)17(21)19-4-2/h7-8,12-13H,3-6,9-11,18H2,1-2H3,(H,19,21). The molecule has 0 aromatic heterocycles. The number of nitrogens with two attached hydrogens (primary N) is 1. The van der Waals surface area contributed by atoms with Crippen molar-refractivity contribution in [1.29, 1.82) is 0 Å². The van der Waals surface area contributed by atoms with Crippen LogP contribution in [0.15, 0.2) is 18.2 Å². The van der Waals surface area contributed by atoms with E-state index in [0.717, 1.165) is 30.4 Å².